The molecule has 0 aliphatic heterocycles. The zero-order valence-corrected chi connectivity index (χ0v) is 10.1. The van der Waals surface area contributed by atoms with Crippen molar-refractivity contribution >= 4 is 0 Å². The Balaban J connectivity index is 2.76. The molecule has 1 fully saturated rings. The molecule has 3 atom stereocenters. The molecule has 1 rings (SSSR count). The van der Waals surface area contributed by atoms with Gasteiger partial charge in [0.2, 0.25) is 0 Å². The van der Waals surface area contributed by atoms with Crippen LogP contribution < -0.4 is 0 Å². The van der Waals surface area contributed by atoms with Crippen LogP contribution in [0, 0.1) is 17.3 Å². The van der Waals surface area contributed by atoms with Gasteiger partial charge in [0.1, 0.15) is 0 Å². The Bertz CT molecular complexity index is 219. The monoisotopic (exact) mass is 212 g/mol. The zero-order chi connectivity index (χ0) is 11.5. The molecule has 0 bridgehead atoms. The third-order valence-corrected chi connectivity index (χ3v) is 3.64. The number of aliphatic hydroxyl groups excluding tert-OH is 2. The normalized spacial score (nSPS) is 33.1. The maximum atomic E-state index is 9.36. The topological polar surface area (TPSA) is 40.5 Å². The van der Waals surface area contributed by atoms with Crippen molar-refractivity contribution in [2.75, 3.05) is 6.61 Å². The maximum absolute atomic E-state index is 9.36. The highest BCUT2D eigenvalue weighted by Gasteiger charge is 2.36. The van der Waals surface area contributed by atoms with Gasteiger partial charge in [-0.2, -0.15) is 0 Å². The molecule has 0 aromatic rings. The summed E-state index contributed by atoms with van der Waals surface area (Å²) >= 11 is 0. The Morgan fingerprint density at radius 3 is 2.67 bits per heavy atom. The van der Waals surface area contributed by atoms with Crippen molar-refractivity contribution in [2.45, 2.75) is 46.1 Å². The molecule has 15 heavy (non-hydrogen) atoms. The van der Waals surface area contributed by atoms with Gasteiger partial charge in [0.25, 0.3) is 0 Å². The lowest BCUT2D eigenvalue weighted by Crippen LogP contribution is -2.35. The standard InChI is InChI=1S/C13H24O2/c1-10(15)6-7-12-11(9-14)5-4-8-13(12,2)3/h6-7,10-12,14-15H,4-5,8-9H2,1-3H3/b7-6+. The average molecular weight is 212 g/mol. The first-order chi connectivity index (χ1) is 6.97. The second-order valence-corrected chi connectivity index (χ2v) is 5.47. The molecule has 1 aliphatic carbocycles. The van der Waals surface area contributed by atoms with Gasteiger partial charge in [0.15, 0.2) is 0 Å². The van der Waals surface area contributed by atoms with Gasteiger partial charge in [0, 0.05) is 6.61 Å². The summed E-state index contributed by atoms with van der Waals surface area (Å²) in [6.45, 7) is 6.54. The van der Waals surface area contributed by atoms with Gasteiger partial charge in [-0.25, -0.2) is 0 Å². The highest BCUT2D eigenvalue weighted by atomic mass is 16.3. The summed E-state index contributed by atoms with van der Waals surface area (Å²) in [6, 6.07) is 0. The van der Waals surface area contributed by atoms with Gasteiger partial charge < -0.3 is 10.2 Å². The molecule has 0 saturated heterocycles. The van der Waals surface area contributed by atoms with Gasteiger partial charge in [-0.1, -0.05) is 32.4 Å². The van der Waals surface area contributed by atoms with E-state index in [0.717, 1.165) is 6.42 Å². The van der Waals surface area contributed by atoms with Gasteiger partial charge >= 0.3 is 0 Å². The van der Waals surface area contributed by atoms with Crippen molar-refractivity contribution in [3.63, 3.8) is 0 Å². The van der Waals surface area contributed by atoms with Gasteiger partial charge in [-0.3, -0.25) is 0 Å². The van der Waals surface area contributed by atoms with Gasteiger partial charge in [0.05, 0.1) is 6.10 Å². The third kappa shape index (κ3) is 3.32. The van der Waals surface area contributed by atoms with E-state index >= 15 is 0 Å². The van der Waals surface area contributed by atoms with Crippen LogP contribution in [0.2, 0.25) is 0 Å². The van der Waals surface area contributed by atoms with Crippen molar-refractivity contribution in [3.8, 4) is 0 Å². The first-order valence-corrected chi connectivity index (χ1v) is 5.94. The summed E-state index contributed by atoms with van der Waals surface area (Å²) < 4.78 is 0. The Morgan fingerprint density at radius 2 is 2.13 bits per heavy atom. The molecule has 0 aromatic carbocycles. The lowest BCUT2D eigenvalue weighted by atomic mass is 9.64. The minimum atomic E-state index is -0.387. The lowest BCUT2D eigenvalue weighted by Gasteiger charge is -2.42. The Hall–Kier alpha value is -0.340. The van der Waals surface area contributed by atoms with E-state index in [1.165, 1.54) is 12.8 Å². The molecule has 0 heterocycles. The van der Waals surface area contributed by atoms with Crippen LogP contribution in [-0.4, -0.2) is 22.9 Å². The first kappa shape index (κ1) is 12.7. The largest absolute Gasteiger partial charge is 0.396 e. The SMILES string of the molecule is CC(O)/C=C/C1C(CO)CCCC1(C)C. The van der Waals surface area contributed by atoms with Crippen molar-refractivity contribution < 1.29 is 10.2 Å². The smallest absolute Gasteiger partial charge is 0.0692 e. The molecule has 88 valence electrons. The summed E-state index contributed by atoms with van der Waals surface area (Å²) in [5, 5.41) is 18.6. The fraction of sp³-hybridized carbons (Fsp3) is 0.846. The summed E-state index contributed by atoms with van der Waals surface area (Å²) in [7, 11) is 0. The molecule has 2 heteroatoms. The number of aliphatic hydroxyl groups is 2. The highest BCUT2D eigenvalue weighted by molar-refractivity contribution is 5.02. The fourth-order valence-corrected chi connectivity index (χ4v) is 2.71. The Morgan fingerprint density at radius 1 is 1.47 bits per heavy atom. The van der Waals surface area contributed by atoms with Crippen molar-refractivity contribution in [2.24, 2.45) is 17.3 Å². The minimum Gasteiger partial charge on any atom is -0.396 e. The summed E-state index contributed by atoms with van der Waals surface area (Å²) in [4.78, 5) is 0. The minimum absolute atomic E-state index is 0.247. The van der Waals surface area contributed by atoms with Gasteiger partial charge in [-0.05, 0) is 37.0 Å². The van der Waals surface area contributed by atoms with E-state index in [-0.39, 0.29) is 18.1 Å². The molecule has 2 N–H and O–H groups in total. The first-order valence-electron chi connectivity index (χ1n) is 5.94. The van der Waals surface area contributed by atoms with Crippen LogP contribution in [0.15, 0.2) is 12.2 Å². The maximum Gasteiger partial charge on any atom is 0.0692 e. The molecule has 0 amide bonds. The number of rotatable bonds is 3. The van der Waals surface area contributed by atoms with Crippen molar-refractivity contribution in [1.29, 1.82) is 0 Å². The molecule has 1 saturated carbocycles. The second kappa shape index (κ2) is 5.13. The third-order valence-electron chi connectivity index (χ3n) is 3.64. The van der Waals surface area contributed by atoms with Crippen LogP contribution in [0.1, 0.15) is 40.0 Å². The van der Waals surface area contributed by atoms with Crippen LogP contribution in [-0.2, 0) is 0 Å². The summed E-state index contributed by atoms with van der Waals surface area (Å²) in [5.74, 6) is 0.759. The van der Waals surface area contributed by atoms with E-state index in [1.54, 1.807) is 6.92 Å². The molecule has 1 aliphatic rings. The van der Waals surface area contributed by atoms with Crippen LogP contribution >= 0.6 is 0 Å². The van der Waals surface area contributed by atoms with Crippen LogP contribution in [0.4, 0.5) is 0 Å². The van der Waals surface area contributed by atoms with E-state index < -0.39 is 0 Å². The van der Waals surface area contributed by atoms with Crippen molar-refractivity contribution in [1.82, 2.24) is 0 Å². The molecular formula is C13H24O2. The van der Waals surface area contributed by atoms with Crippen molar-refractivity contribution in [3.05, 3.63) is 12.2 Å². The molecule has 0 spiro atoms. The van der Waals surface area contributed by atoms with Crippen LogP contribution in [0.5, 0.6) is 0 Å². The number of hydrogen-bond donors (Lipinski definition) is 2. The van der Waals surface area contributed by atoms with E-state index in [9.17, 15) is 10.2 Å². The summed E-state index contributed by atoms with van der Waals surface area (Å²) in [5.41, 5.74) is 0.247. The number of hydrogen-bond acceptors (Lipinski definition) is 2. The van der Waals surface area contributed by atoms with E-state index in [0.29, 0.717) is 11.8 Å². The fourth-order valence-electron chi connectivity index (χ4n) is 2.71. The van der Waals surface area contributed by atoms with Crippen LogP contribution in [0.3, 0.4) is 0 Å². The quantitative estimate of drug-likeness (QED) is 0.705. The molecule has 0 aromatic heterocycles. The molecule has 3 unspecified atom stereocenters. The molecule has 2 nitrogen and oxygen atoms in total. The second-order valence-electron chi connectivity index (χ2n) is 5.47. The average Bonchev–Trinajstić information content (AvgIpc) is 2.14. The molecule has 0 radical (unpaired) electrons. The highest BCUT2D eigenvalue weighted by Crippen LogP contribution is 2.44. The predicted octanol–water partition coefficient (Wildman–Crippen LogP) is 2.36. The predicted molar refractivity (Wildman–Crippen MR) is 62.5 cm³/mol. The van der Waals surface area contributed by atoms with Crippen LogP contribution in [0.25, 0.3) is 0 Å². The van der Waals surface area contributed by atoms with E-state index in [2.05, 4.69) is 19.9 Å². The van der Waals surface area contributed by atoms with E-state index in [1.807, 2.05) is 6.08 Å². The zero-order valence-electron chi connectivity index (χ0n) is 10.1. The lowest BCUT2D eigenvalue weighted by molar-refractivity contribution is 0.0668. The Kier molecular flexibility index (Phi) is 4.35. The number of allylic oxidation sites excluding steroid dienone is 1. The Labute approximate surface area is 93.0 Å². The summed E-state index contributed by atoms with van der Waals surface area (Å²) in [6.07, 6.45) is 7.08. The van der Waals surface area contributed by atoms with Gasteiger partial charge in [-0.15, -0.1) is 0 Å². The molecular weight excluding hydrogens is 188 g/mol. The van der Waals surface area contributed by atoms with E-state index in [4.69, 9.17) is 0 Å².